The summed E-state index contributed by atoms with van der Waals surface area (Å²) in [4.78, 5) is 0. The van der Waals surface area contributed by atoms with Crippen molar-refractivity contribution >= 4 is 11.6 Å². The van der Waals surface area contributed by atoms with Gasteiger partial charge in [0.2, 0.25) is 0 Å². The molecule has 3 heteroatoms. The minimum Gasteiger partial charge on any atom is -0.207 e. The van der Waals surface area contributed by atoms with Gasteiger partial charge in [0.15, 0.2) is 0 Å². The van der Waals surface area contributed by atoms with E-state index in [-0.39, 0.29) is 17.5 Å². The first-order valence-electron chi connectivity index (χ1n) is 4.81. The lowest BCUT2D eigenvalue weighted by Gasteiger charge is -2.06. The van der Waals surface area contributed by atoms with Crippen LogP contribution in [-0.2, 0) is 5.88 Å². The highest BCUT2D eigenvalue weighted by Gasteiger charge is 2.09. The van der Waals surface area contributed by atoms with E-state index in [0.29, 0.717) is 16.7 Å². The van der Waals surface area contributed by atoms with Crippen LogP contribution in [0.25, 0.3) is 11.1 Å². The largest absolute Gasteiger partial charge is 0.207 e. The third-order valence-electron chi connectivity index (χ3n) is 2.36. The number of hydrogen-bond acceptors (Lipinski definition) is 0. The van der Waals surface area contributed by atoms with Crippen molar-refractivity contribution in [1.82, 2.24) is 0 Å². The molecular formula is C13H9ClF2. The van der Waals surface area contributed by atoms with Crippen LogP contribution >= 0.6 is 11.6 Å². The van der Waals surface area contributed by atoms with Gasteiger partial charge in [-0.15, -0.1) is 11.6 Å². The van der Waals surface area contributed by atoms with Crippen LogP contribution in [0.4, 0.5) is 8.78 Å². The molecule has 0 fully saturated rings. The molecule has 0 aliphatic heterocycles. The smallest absolute Gasteiger partial charge is 0.135 e. The topological polar surface area (TPSA) is 0 Å². The Labute approximate surface area is 97.5 Å². The van der Waals surface area contributed by atoms with Gasteiger partial charge in [0.05, 0.1) is 5.88 Å². The molecular weight excluding hydrogens is 230 g/mol. The molecule has 0 saturated heterocycles. The van der Waals surface area contributed by atoms with Gasteiger partial charge in [-0.25, -0.2) is 8.78 Å². The van der Waals surface area contributed by atoms with E-state index in [1.54, 1.807) is 30.3 Å². The van der Waals surface area contributed by atoms with Gasteiger partial charge in [-0.1, -0.05) is 30.3 Å². The van der Waals surface area contributed by atoms with Crippen molar-refractivity contribution in [2.75, 3.05) is 0 Å². The molecule has 16 heavy (non-hydrogen) atoms. The van der Waals surface area contributed by atoms with Crippen LogP contribution in [0.3, 0.4) is 0 Å². The molecule has 0 spiro atoms. The van der Waals surface area contributed by atoms with Gasteiger partial charge in [-0.2, -0.15) is 0 Å². The Morgan fingerprint density at radius 2 is 1.75 bits per heavy atom. The van der Waals surface area contributed by atoms with Gasteiger partial charge in [0.25, 0.3) is 0 Å². The van der Waals surface area contributed by atoms with Crippen LogP contribution in [0.5, 0.6) is 0 Å². The molecule has 0 bridgehead atoms. The first kappa shape index (κ1) is 11.1. The van der Waals surface area contributed by atoms with E-state index >= 15 is 0 Å². The van der Waals surface area contributed by atoms with Crippen molar-refractivity contribution in [2.24, 2.45) is 0 Å². The van der Waals surface area contributed by atoms with Gasteiger partial charge in [0, 0.05) is 11.1 Å². The predicted octanol–water partition coefficient (Wildman–Crippen LogP) is 4.37. The highest BCUT2D eigenvalue weighted by molar-refractivity contribution is 6.17. The number of benzene rings is 2. The number of hydrogen-bond donors (Lipinski definition) is 0. The predicted molar refractivity (Wildman–Crippen MR) is 61.4 cm³/mol. The monoisotopic (exact) mass is 238 g/mol. The van der Waals surface area contributed by atoms with Gasteiger partial charge in [-0.3, -0.25) is 0 Å². The molecule has 0 atom stereocenters. The van der Waals surface area contributed by atoms with E-state index < -0.39 is 0 Å². The molecule has 0 aliphatic rings. The summed E-state index contributed by atoms with van der Waals surface area (Å²) in [5.41, 5.74) is 1.31. The van der Waals surface area contributed by atoms with E-state index in [0.717, 1.165) is 0 Å². The van der Waals surface area contributed by atoms with E-state index in [1.165, 1.54) is 12.1 Å². The van der Waals surface area contributed by atoms with Crippen molar-refractivity contribution in [3.63, 3.8) is 0 Å². The third kappa shape index (κ3) is 2.07. The molecule has 0 N–H and O–H groups in total. The molecule has 0 amide bonds. The van der Waals surface area contributed by atoms with Crippen molar-refractivity contribution < 1.29 is 8.78 Å². The standard InChI is InChI=1S/C13H9ClF2/c14-8-10-4-2-6-12(13(10)16)9-3-1-5-11(15)7-9/h1-7H,8H2. The fourth-order valence-corrected chi connectivity index (χ4v) is 1.77. The maximum atomic E-state index is 13.9. The number of rotatable bonds is 2. The van der Waals surface area contributed by atoms with Crippen LogP contribution in [-0.4, -0.2) is 0 Å². The summed E-state index contributed by atoms with van der Waals surface area (Å²) in [6.45, 7) is 0. The SMILES string of the molecule is Fc1cccc(-c2cccc(CCl)c2F)c1. The second-order valence-corrected chi connectivity index (χ2v) is 3.69. The second kappa shape index (κ2) is 4.62. The Morgan fingerprint density at radius 1 is 1.00 bits per heavy atom. The van der Waals surface area contributed by atoms with E-state index in [1.807, 2.05) is 0 Å². The van der Waals surface area contributed by atoms with Gasteiger partial charge in [0.1, 0.15) is 11.6 Å². The Balaban J connectivity index is 2.56. The van der Waals surface area contributed by atoms with Gasteiger partial charge in [-0.05, 0) is 17.7 Å². The molecule has 0 radical (unpaired) electrons. The third-order valence-corrected chi connectivity index (χ3v) is 2.65. The van der Waals surface area contributed by atoms with E-state index in [2.05, 4.69) is 0 Å². The van der Waals surface area contributed by atoms with Crippen LogP contribution in [0.2, 0.25) is 0 Å². The lowest BCUT2D eigenvalue weighted by molar-refractivity contribution is 0.618. The van der Waals surface area contributed by atoms with Gasteiger partial charge >= 0.3 is 0 Å². The van der Waals surface area contributed by atoms with Crippen LogP contribution < -0.4 is 0 Å². The van der Waals surface area contributed by atoms with Crippen LogP contribution in [0.15, 0.2) is 42.5 Å². The van der Waals surface area contributed by atoms with Crippen molar-refractivity contribution in [2.45, 2.75) is 5.88 Å². The van der Waals surface area contributed by atoms with Crippen LogP contribution in [0.1, 0.15) is 5.56 Å². The van der Waals surface area contributed by atoms with E-state index in [4.69, 9.17) is 11.6 Å². The minimum absolute atomic E-state index is 0.106. The zero-order valence-electron chi connectivity index (χ0n) is 8.38. The van der Waals surface area contributed by atoms with Crippen molar-refractivity contribution in [3.05, 3.63) is 59.7 Å². The average Bonchev–Trinajstić information content (AvgIpc) is 2.29. The summed E-state index contributed by atoms with van der Waals surface area (Å²) in [5, 5.41) is 0. The molecule has 82 valence electrons. The Hall–Kier alpha value is -1.41. The average molecular weight is 239 g/mol. The maximum Gasteiger partial charge on any atom is 0.135 e. The molecule has 0 aliphatic carbocycles. The molecule has 0 aromatic heterocycles. The lowest BCUT2D eigenvalue weighted by atomic mass is 10.0. The summed E-state index contributed by atoms with van der Waals surface area (Å²) in [5.74, 6) is -0.661. The zero-order chi connectivity index (χ0) is 11.5. The van der Waals surface area contributed by atoms with E-state index in [9.17, 15) is 8.78 Å². The summed E-state index contributed by atoms with van der Waals surface area (Å²) < 4.78 is 26.9. The Bertz CT molecular complexity index is 509. The molecule has 2 aromatic carbocycles. The normalized spacial score (nSPS) is 10.4. The first-order valence-corrected chi connectivity index (χ1v) is 5.35. The fraction of sp³-hybridized carbons (Fsp3) is 0.0769. The van der Waals surface area contributed by atoms with Gasteiger partial charge < -0.3 is 0 Å². The quantitative estimate of drug-likeness (QED) is 0.682. The minimum atomic E-state index is -0.386. The zero-order valence-corrected chi connectivity index (χ0v) is 9.14. The summed E-state index contributed by atoms with van der Waals surface area (Å²) in [6, 6.07) is 10.8. The lowest BCUT2D eigenvalue weighted by Crippen LogP contribution is -1.91. The van der Waals surface area contributed by atoms with Crippen LogP contribution in [0, 0.1) is 11.6 Å². The summed E-state index contributed by atoms with van der Waals surface area (Å²) >= 11 is 5.61. The highest BCUT2D eigenvalue weighted by Crippen LogP contribution is 2.26. The molecule has 2 aromatic rings. The summed E-state index contributed by atoms with van der Waals surface area (Å²) in [6.07, 6.45) is 0. The molecule has 0 unspecified atom stereocenters. The fourth-order valence-electron chi connectivity index (χ4n) is 1.56. The Kier molecular flexibility index (Phi) is 3.20. The molecule has 2 rings (SSSR count). The second-order valence-electron chi connectivity index (χ2n) is 3.42. The number of halogens is 3. The Morgan fingerprint density at radius 3 is 2.44 bits per heavy atom. The molecule has 0 heterocycles. The molecule has 0 nitrogen and oxygen atoms in total. The van der Waals surface area contributed by atoms with Crippen molar-refractivity contribution in [3.8, 4) is 11.1 Å². The maximum absolute atomic E-state index is 13.9. The summed E-state index contributed by atoms with van der Waals surface area (Å²) in [7, 11) is 0. The van der Waals surface area contributed by atoms with Crippen molar-refractivity contribution in [1.29, 1.82) is 0 Å². The molecule has 0 saturated carbocycles. The first-order chi connectivity index (χ1) is 7.72. The number of alkyl halides is 1. The highest BCUT2D eigenvalue weighted by atomic mass is 35.5.